The van der Waals surface area contributed by atoms with Crippen molar-refractivity contribution < 1.29 is 19.0 Å². The average Bonchev–Trinajstić information content (AvgIpc) is 2.54. The molecule has 2 aromatic carbocycles. The van der Waals surface area contributed by atoms with E-state index < -0.39 is 11.9 Å². The molecule has 0 saturated heterocycles. The SMILES string of the molecule is Cc1ccc(OCC(=O)NCC(O)c2ccccc2F)cc1C. The van der Waals surface area contributed by atoms with Crippen LogP contribution < -0.4 is 10.1 Å². The summed E-state index contributed by atoms with van der Waals surface area (Å²) in [6.45, 7) is 3.73. The number of halogens is 1. The molecule has 1 unspecified atom stereocenters. The van der Waals surface area contributed by atoms with Gasteiger partial charge in [-0.3, -0.25) is 4.79 Å². The van der Waals surface area contributed by atoms with Crippen molar-refractivity contribution in [2.75, 3.05) is 13.2 Å². The summed E-state index contributed by atoms with van der Waals surface area (Å²) in [5.41, 5.74) is 2.38. The van der Waals surface area contributed by atoms with E-state index in [1.54, 1.807) is 18.2 Å². The van der Waals surface area contributed by atoms with Gasteiger partial charge >= 0.3 is 0 Å². The van der Waals surface area contributed by atoms with Crippen molar-refractivity contribution in [3.63, 3.8) is 0 Å². The number of hydrogen-bond acceptors (Lipinski definition) is 3. The summed E-state index contributed by atoms with van der Waals surface area (Å²) in [6.07, 6.45) is -1.10. The molecular formula is C18H20FNO3. The Kier molecular flexibility index (Phi) is 5.71. The molecule has 4 nitrogen and oxygen atoms in total. The van der Waals surface area contributed by atoms with Gasteiger partial charge in [-0.05, 0) is 43.2 Å². The first-order valence-electron chi connectivity index (χ1n) is 7.36. The number of carbonyl (C=O) groups excluding carboxylic acids is 1. The van der Waals surface area contributed by atoms with E-state index in [4.69, 9.17) is 4.74 Å². The first-order chi connectivity index (χ1) is 11.0. The quantitative estimate of drug-likeness (QED) is 0.861. The zero-order valence-electron chi connectivity index (χ0n) is 13.2. The van der Waals surface area contributed by atoms with Crippen LogP contribution in [0.15, 0.2) is 42.5 Å². The van der Waals surface area contributed by atoms with Crippen molar-refractivity contribution in [3.8, 4) is 5.75 Å². The standard InChI is InChI=1S/C18H20FNO3/c1-12-7-8-14(9-13(12)2)23-11-18(22)20-10-17(21)15-5-3-4-6-16(15)19/h3-9,17,21H,10-11H2,1-2H3,(H,20,22). The van der Waals surface area contributed by atoms with Crippen molar-refractivity contribution >= 4 is 5.91 Å². The van der Waals surface area contributed by atoms with Gasteiger partial charge in [0, 0.05) is 12.1 Å². The van der Waals surface area contributed by atoms with Gasteiger partial charge in [0.15, 0.2) is 6.61 Å². The van der Waals surface area contributed by atoms with Crippen LogP contribution in [0.2, 0.25) is 0 Å². The number of aryl methyl sites for hydroxylation is 2. The normalized spacial score (nSPS) is 11.8. The minimum atomic E-state index is -1.10. The van der Waals surface area contributed by atoms with E-state index in [1.165, 1.54) is 12.1 Å². The Balaban J connectivity index is 1.81. The lowest BCUT2D eigenvalue weighted by Crippen LogP contribution is -2.32. The molecule has 0 bridgehead atoms. The van der Waals surface area contributed by atoms with Crippen LogP contribution in [-0.4, -0.2) is 24.2 Å². The largest absolute Gasteiger partial charge is 0.484 e. The maximum Gasteiger partial charge on any atom is 0.258 e. The smallest absolute Gasteiger partial charge is 0.258 e. The Labute approximate surface area is 134 Å². The van der Waals surface area contributed by atoms with Gasteiger partial charge < -0.3 is 15.2 Å². The number of aliphatic hydroxyl groups excluding tert-OH is 1. The van der Waals surface area contributed by atoms with Crippen molar-refractivity contribution in [1.82, 2.24) is 5.32 Å². The van der Waals surface area contributed by atoms with E-state index in [2.05, 4.69) is 5.32 Å². The number of amides is 1. The molecule has 0 spiro atoms. The van der Waals surface area contributed by atoms with Crippen molar-refractivity contribution in [2.45, 2.75) is 20.0 Å². The summed E-state index contributed by atoms with van der Waals surface area (Å²) in [7, 11) is 0. The van der Waals surface area contributed by atoms with Crippen molar-refractivity contribution in [1.29, 1.82) is 0 Å². The molecule has 0 aliphatic rings. The molecular weight excluding hydrogens is 297 g/mol. The van der Waals surface area contributed by atoms with Crippen molar-refractivity contribution in [2.24, 2.45) is 0 Å². The maximum absolute atomic E-state index is 13.5. The third kappa shape index (κ3) is 4.79. The Morgan fingerprint density at radius 1 is 1.22 bits per heavy atom. The van der Waals surface area contributed by atoms with Gasteiger partial charge in [-0.15, -0.1) is 0 Å². The minimum Gasteiger partial charge on any atom is -0.484 e. The van der Waals surface area contributed by atoms with Crippen LogP contribution in [0.1, 0.15) is 22.8 Å². The molecule has 2 aromatic rings. The van der Waals surface area contributed by atoms with Crippen LogP contribution >= 0.6 is 0 Å². The zero-order chi connectivity index (χ0) is 16.8. The van der Waals surface area contributed by atoms with Gasteiger partial charge in [0.05, 0.1) is 6.10 Å². The van der Waals surface area contributed by atoms with Gasteiger partial charge in [-0.1, -0.05) is 24.3 Å². The van der Waals surface area contributed by atoms with Gasteiger partial charge in [-0.2, -0.15) is 0 Å². The highest BCUT2D eigenvalue weighted by Gasteiger charge is 2.13. The molecule has 2 N–H and O–H groups in total. The first-order valence-corrected chi connectivity index (χ1v) is 7.36. The van der Waals surface area contributed by atoms with E-state index in [1.807, 2.05) is 26.0 Å². The van der Waals surface area contributed by atoms with Gasteiger partial charge in [-0.25, -0.2) is 4.39 Å². The van der Waals surface area contributed by atoms with E-state index in [0.717, 1.165) is 11.1 Å². The fourth-order valence-electron chi connectivity index (χ4n) is 2.07. The van der Waals surface area contributed by atoms with Gasteiger partial charge in [0.2, 0.25) is 0 Å². The predicted molar refractivity (Wildman–Crippen MR) is 85.8 cm³/mol. The zero-order valence-corrected chi connectivity index (χ0v) is 13.2. The summed E-state index contributed by atoms with van der Waals surface area (Å²) < 4.78 is 18.9. The number of rotatable bonds is 6. The molecule has 122 valence electrons. The lowest BCUT2D eigenvalue weighted by atomic mass is 10.1. The number of hydrogen-bond donors (Lipinski definition) is 2. The Morgan fingerprint density at radius 3 is 2.65 bits per heavy atom. The van der Waals surface area contributed by atoms with Crippen LogP contribution in [0, 0.1) is 19.7 Å². The molecule has 0 aromatic heterocycles. The average molecular weight is 317 g/mol. The summed E-state index contributed by atoms with van der Waals surface area (Å²) in [5.74, 6) is -0.267. The highest BCUT2D eigenvalue weighted by Crippen LogP contribution is 2.17. The molecule has 2 rings (SSSR count). The van der Waals surface area contributed by atoms with E-state index >= 15 is 0 Å². The fourth-order valence-corrected chi connectivity index (χ4v) is 2.07. The second-order valence-electron chi connectivity index (χ2n) is 5.38. The second kappa shape index (κ2) is 7.74. The van der Waals surface area contributed by atoms with E-state index in [0.29, 0.717) is 5.75 Å². The molecule has 0 radical (unpaired) electrons. The predicted octanol–water partition coefficient (Wildman–Crippen LogP) is 2.67. The monoisotopic (exact) mass is 317 g/mol. The summed E-state index contributed by atoms with van der Waals surface area (Å²) in [6, 6.07) is 11.5. The number of benzene rings is 2. The van der Waals surface area contributed by atoms with Crippen LogP contribution in [0.3, 0.4) is 0 Å². The van der Waals surface area contributed by atoms with Crippen LogP contribution in [-0.2, 0) is 4.79 Å². The summed E-state index contributed by atoms with van der Waals surface area (Å²) >= 11 is 0. The maximum atomic E-state index is 13.5. The lowest BCUT2D eigenvalue weighted by molar-refractivity contribution is -0.123. The Hall–Kier alpha value is -2.40. The van der Waals surface area contributed by atoms with Crippen LogP contribution in [0.25, 0.3) is 0 Å². The Bertz CT molecular complexity index is 688. The number of aliphatic hydroxyl groups is 1. The van der Waals surface area contributed by atoms with Crippen LogP contribution in [0.4, 0.5) is 4.39 Å². The molecule has 0 aliphatic carbocycles. The van der Waals surface area contributed by atoms with Gasteiger partial charge in [0.25, 0.3) is 5.91 Å². The topological polar surface area (TPSA) is 58.6 Å². The lowest BCUT2D eigenvalue weighted by Gasteiger charge is -2.13. The molecule has 0 saturated carbocycles. The fraction of sp³-hybridized carbons (Fsp3) is 0.278. The second-order valence-corrected chi connectivity index (χ2v) is 5.38. The van der Waals surface area contributed by atoms with E-state index in [-0.39, 0.29) is 24.6 Å². The Morgan fingerprint density at radius 2 is 1.96 bits per heavy atom. The number of nitrogens with one attached hydrogen (secondary N) is 1. The molecule has 5 heteroatoms. The van der Waals surface area contributed by atoms with Gasteiger partial charge in [0.1, 0.15) is 11.6 Å². The molecule has 1 atom stereocenters. The molecule has 0 fully saturated rings. The molecule has 1 amide bonds. The summed E-state index contributed by atoms with van der Waals surface area (Å²) in [4.78, 5) is 11.7. The molecule has 23 heavy (non-hydrogen) atoms. The molecule has 0 heterocycles. The van der Waals surface area contributed by atoms with Crippen molar-refractivity contribution in [3.05, 3.63) is 65.0 Å². The number of carbonyl (C=O) groups is 1. The van der Waals surface area contributed by atoms with Crippen LogP contribution in [0.5, 0.6) is 5.75 Å². The minimum absolute atomic E-state index is 0.0734. The third-order valence-electron chi connectivity index (χ3n) is 3.61. The molecule has 0 aliphatic heterocycles. The summed E-state index contributed by atoms with van der Waals surface area (Å²) in [5, 5.41) is 12.4. The van der Waals surface area contributed by atoms with E-state index in [9.17, 15) is 14.3 Å². The third-order valence-corrected chi connectivity index (χ3v) is 3.61. The highest BCUT2D eigenvalue weighted by molar-refractivity contribution is 5.77. The number of ether oxygens (including phenoxy) is 1. The first kappa shape index (κ1) is 17.0. The highest BCUT2D eigenvalue weighted by atomic mass is 19.1.